The van der Waals surface area contributed by atoms with Gasteiger partial charge in [-0.2, -0.15) is 0 Å². The molecule has 0 saturated heterocycles. The third kappa shape index (κ3) is 4.59. The van der Waals surface area contributed by atoms with E-state index in [1.54, 1.807) is 36.4 Å². The van der Waals surface area contributed by atoms with Crippen LogP contribution in [0.3, 0.4) is 0 Å². The molecule has 2 aromatic heterocycles. The Morgan fingerprint density at radius 1 is 1.00 bits per heavy atom. The summed E-state index contributed by atoms with van der Waals surface area (Å²) < 4.78 is 2.35. The number of anilines is 1. The average molecular weight is 463 g/mol. The fourth-order valence-electron chi connectivity index (χ4n) is 4.00. The Morgan fingerprint density at radius 2 is 1.67 bits per heavy atom. The zero-order valence-electron chi connectivity index (χ0n) is 18.6. The van der Waals surface area contributed by atoms with Crippen LogP contribution in [0.1, 0.15) is 22.3 Å². The summed E-state index contributed by atoms with van der Waals surface area (Å²) in [6.07, 6.45) is 1.49. The van der Waals surface area contributed by atoms with Gasteiger partial charge >= 0.3 is 5.69 Å². The standard InChI is InChI=1S/C25H23ClN4O3/c1-15-11-16(2)22(17(3)12-15)28-21(31)14-29-23-20(5-4-10-27-23)24(32)30(25(29)33)13-18-6-8-19(26)9-7-18/h4-12H,13-14H2,1-3H3,(H,28,31). The van der Waals surface area contributed by atoms with Crippen molar-refractivity contribution in [3.63, 3.8) is 0 Å². The molecule has 7 nitrogen and oxygen atoms in total. The number of nitrogens with zero attached hydrogens (tertiary/aromatic N) is 3. The molecule has 0 bridgehead atoms. The first-order chi connectivity index (χ1) is 15.7. The molecule has 1 amide bonds. The van der Waals surface area contributed by atoms with E-state index < -0.39 is 11.2 Å². The molecule has 0 saturated carbocycles. The Bertz CT molecular complexity index is 1460. The number of rotatable bonds is 5. The van der Waals surface area contributed by atoms with Crippen molar-refractivity contribution in [2.24, 2.45) is 0 Å². The van der Waals surface area contributed by atoms with E-state index in [1.807, 2.05) is 32.9 Å². The van der Waals surface area contributed by atoms with Crippen molar-refractivity contribution >= 4 is 34.2 Å². The van der Waals surface area contributed by atoms with Gasteiger partial charge in [-0.25, -0.2) is 9.78 Å². The van der Waals surface area contributed by atoms with E-state index in [0.717, 1.165) is 26.8 Å². The highest BCUT2D eigenvalue weighted by atomic mass is 35.5. The molecule has 4 rings (SSSR count). The van der Waals surface area contributed by atoms with Crippen LogP contribution in [0.25, 0.3) is 11.0 Å². The summed E-state index contributed by atoms with van der Waals surface area (Å²) in [5.41, 5.74) is 3.53. The number of hydrogen-bond acceptors (Lipinski definition) is 4. The smallest absolute Gasteiger partial charge is 0.324 e. The number of carbonyl (C=O) groups excluding carboxylic acids is 1. The molecule has 0 aliphatic carbocycles. The molecule has 0 unspecified atom stereocenters. The van der Waals surface area contributed by atoms with Crippen LogP contribution in [0.4, 0.5) is 5.69 Å². The molecular weight excluding hydrogens is 440 g/mol. The maximum absolute atomic E-state index is 13.3. The van der Waals surface area contributed by atoms with Crippen molar-refractivity contribution in [3.8, 4) is 0 Å². The predicted octanol–water partition coefficient (Wildman–Crippen LogP) is 3.82. The van der Waals surface area contributed by atoms with Crippen molar-refractivity contribution in [2.45, 2.75) is 33.9 Å². The largest absolute Gasteiger partial charge is 0.333 e. The summed E-state index contributed by atoms with van der Waals surface area (Å²) in [7, 11) is 0. The zero-order valence-corrected chi connectivity index (χ0v) is 19.3. The van der Waals surface area contributed by atoms with Crippen LogP contribution in [0.5, 0.6) is 0 Å². The quantitative estimate of drug-likeness (QED) is 0.488. The number of pyridine rings is 1. The number of aromatic nitrogens is 3. The minimum atomic E-state index is -0.603. The fraction of sp³-hybridized carbons (Fsp3) is 0.200. The topological polar surface area (TPSA) is 86.0 Å². The van der Waals surface area contributed by atoms with E-state index in [9.17, 15) is 14.4 Å². The number of hydrogen-bond donors (Lipinski definition) is 1. The van der Waals surface area contributed by atoms with E-state index in [2.05, 4.69) is 10.3 Å². The molecule has 2 aromatic carbocycles. The van der Waals surface area contributed by atoms with Crippen LogP contribution in [-0.2, 0) is 17.9 Å². The van der Waals surface area contributed by atoms with Gasteiger partial charge in [0.1, 0.15) is 12.2 Å². The number of benzene rings is 2. The van der Waals surface area contributed by atoms with Gasteiger partial charge < -0.3 is 5.32 Å². The van der Waals surface area contributed by atoms with Gasteiger partial charge in [0.25, 0.3) is 5.56 Å². The van der Waals surface area contributed by atoms with Gasteiger partial charge in [-0.1, -0.05) is 41.4 Å². The molecule has 0 aliphatic rings. The molecule has 33 heavy (non-hydrogen) atoms. The number of aryl methyl sites for hydroxylation is 3. The number of amides is 1. The lowest BCUT2D eigenvalue weighted by molar-refractivity contribution is -0.116. The molecule has 168 valence electrons. The van der Waals surface area contributed by atoms with E-state index >= 15 is 0 Å². The van der Waals surface area contributed by atoms with Crippen LogP contribution >= 0.6 is 11.6 Å². The Hall–Kier alpha value is -3.71. The lowest BCUT2D eigenvalue weighted by atomic mass is 10.1. The summed E-state index contributed by atoms with van der Waals surface area (Å²) in [5, 5.41) is 3.73. The molecule has 4 aromatic rings. The average Bonchev–Trinajstić information content (AvgIpc) is 2.78. The Labute approximate surface area is 195 Å². The van der Waals surface area contributed by atoms with E-state index in [0.29, 0.717) is 10.7 Å². The second-order valence-corrected chi connectivity index (χ2v) is 8.52. The molecular formula is C25H23ClN4O3. The lowest BCUT2D eigenvalue weighted by Crippen LogP contribution is -2.42. The van der Waals surface area contributed by atoms with Crippen LogP contribution in [0.15, 0.2) is 64.3 Å². The highest BCUT2D eigenvalue weighted by Crippen LogP contribution is 2.22. The molecule has 0 fully saturated rings. The van der Waals surface area contributed by atoms with Crippen LogP contribution in [-0.4, -0.2) is 20.0 Å². The molecule has 0 radical (unpaired) electrons. The summed E-state index contributed by atoms with van der Waals surface area (Å²) in [6, 6.07) is 14.1. The normalized spacial score (nSPS) is 11.0. The third-order valence-electron chi connectivity index (χ3n) is 5.48. The first kappa shape index (κ1) is 22.5. The zero-order chi connectivity index (χ0) is 23.7. The second-order valence-electron chi connectivity index (χ2n) is 8.08. The monoisotopic (exact) mass is 462 g/mol. The summed E-state index contributed by atoms with van der Waals surface area (Å²) in [4.78, 5) is 43.6. The van der Waals surface area contributed by atoms with Gasteiger partial charge in [-0.15, -0.1) is 0 Å². The SMILES string of the molecule is Cc1cc(C)c(NC(=O)Cn2c(=O)n(Cc3ccc(Cl)cc3)c(=O)c3cccnc32)c(C)c1. The van der Waals surface area contributed by atoms with Crippen LogP contribution < -0.4 is 16.6 Å². The van der Waals surface area contributed by atoms with Crippen LogP contribution in [0.2, 0.25) is 5.02 Å². The van der Waals surface area contributed by atoms with Gasteiger partial charge in [-0.3, -0.25) is 18.7 Å². The molecule has 2 heterocycles. The third-order valence-corrected chi connectivity index (χ3v) is 5.73. The number of halogens is 1. The highest BCUT2D eigenvalue weighted by molar-refractivity contribution is 6.30. The first-order valence-electron chi connectivity index (χ1n) is 10.4. The second kappa shape index (κ2) is 9.03. The van der Waals surface area contributed by atoms with Gasteiger partial charge in [0.2, 0.25) is 5.91 Å². The Morgan fingerprint density at radius 3 is 2.33 bits per heavy atom. The Balaban J connectivity index is 1.75. The van der Waals surface area contributed by atoms with Crippen molar-refractivity contribution in [1.29, 1.82) is 0 Å². The molecule has 8 heteroatoms. The predicted molar refractivity (Wildman–Crippen MR) is 130 cm³/mol. The molecule has 0 aliphatic heterocycles. The molecule has 0 atom stereocenters. The summed E-state index contributed by atoms with van der Waals surface area (Å²) >= 11 is 5.95. The molecule has 0 spiro atoms. The van der Waals surface area contributed by atoms with Gasteiger partial charge in [0, 0.05) is 16.9 Å². The maximum atomic E-state index is 13.3. The number of carbonyl (C=O) groups is 1. The fourth-order valence-corrected chi connectivity index (χ4v) is 4.13. The van der Waals surface area contributed by atoms with Gasteiger partial charge in [0.15, 0.2) is 0 Å². The molecule has 1 N–H and O–H groups in total. The van der Waals surface area contributed by atoms with E-state index in [-0.39, 0.29) is 30.0 Å². The minimum absolute atomic E-state index is 0.0530. The summed E-state index contributed by atoms with van der Waals surface area (Å²) in [5.74, 6) is -0.379. The highest BCUT2D eigenvalue weighted by Gasteiger charge is 2.17. The first-order valence-corrected chi connectivity index (χ1v) is 10.8. The summed E-state index contributed by atoms with van der Waals surface area (Å²) in [6.45, 7) is 5.61. The van der Waals surface area contributed by atoms with Crippen molar-refractivity contribution in [3.05, 3.63) is 103 Å². The van der Waals surface area contributed by atoms with Gasteiger partial charge in [0.05, 0.1) is 11.9 Å². The Kier molecular flexibility index (Phi) is 6.16. The van der Waals surface area contributed by atoms with Gasteiger partial charge in [-0.05, 0) is 61.7 Å². The van der Waals surface area contributed by atoms with Crippen LogP contribution in [0, 0.1) is 20.8 Å². The number of fused-ring (bicyclic) bond motifs is 1. The lowest BCUT2D eigenvalue weighted by Gasteiger charge is -2.15. The van der Waals surface area contributed by atoms with E-state index in [1.165, 1.54) is 10.8 Å². The van der Waals surface area contributed by atoms with Crippen molar-refractivity contribution in [2.75, 3.05) is 5.32 Å². The van der Waals surface area contributed by atoms with Crippen molar-refractivity contribution in [1.82, 2.24) is 14.1 Å². The maximum Gasteiger partial charge on any atom is 0.333 e. The van der Waals surface area contributed by atoms with E-state index in [4.69, 9.17) is 11.6 Å². The number of nitrogens with one attached hydrogen (secondary N) is 1. The minimum Gasteiger partial charge on any atom is -0.324 e. The van der Waals surface area contributed by atoms with Crippen molar-refractivity contribution < 1.29 is 4.79 Å².